The van der Waals surface area contributed by atoms with Gasteiger partial charge < -0.3 is 10.8 Å². The van der Waals surface area contributed by atoms with Gasteiger partial charge in [-0.25, -0.2) is 8.42 Å². The highest BCUT2D eigenvalue weighted by molar-refractivity contribution is 7.92. The number of aromatic amines is 1. The number of nitrogen functional groups attached to an aromatic ring is 1. The summed E-state index contributed by atoms with van der Waals surface area (Å²) in [5.41, 5.74) is 6.53. The van der Waals surface area contributed by atoms with Crippen molar-refractivity contribution in [2.24, 2.45) is 0 Å². The summed E-state index contributed by atoms with van der Waals surface area (Å²) in [5.74, 6) is -0.0190. The maximum atomic E-state index is 11.9. The third-order valence-corrected chi connectivity index (χ3v) is 3.72. The van der Waals surface area contributed by atoms with E-state index >= 15 is 0 Å². The number of aliphatic hydroxyl groups excluding tert-OH is 1. The fourth-order valence-corrected chi connectivity index (χ4v) is 2.47. The molecule has 5 N–H and O–H groups in total. The number of hydrogen-bond acceptors (Lipinski definition) is 5. The highest BCUT2D eigenvalue weighted by Crippen LogP contribution is 2.19. The van der Waals surface area contributed by atoms with Gasteiger partial charge in [0.1, 0.15) is 10.7 Å². The van der Waals surface area contributed by atoms with Crippen LogP contribution in [0.15, 0.2) is 35.4 Å². The van der Waals surface area contributed by atoms with Gasteiger partial charge in [0, 0.05) is 5.69 Å². The number of hydrogen-bond donors (Lipinski definition) is 4. The number of rotatable bonds is 4. The van der Waals surface area contributed by atoms with E-state index in [0.717, 1.165) is 6.20 Å². The van der Waals surface area contributed by atoms with Gasteiger partial charge in [-0.3, -0.25) is 9.82 Å². The van der Waals surface area contributed by atoms with Gasteiger partial charge in [0.2, 0.25) is 0 Å². The molecule has 0 radical (unpaired) electrons. The molecule has 0 aliphatic rings. The molecule has 0 fully saturated rings. The van der Waals surface area contributed by atoms with Crippen LogP contribution in [-0.4, -0.2) is 23.7 Å². The molecule has 0 aliphatic carbocycles. The van der Waals surface area contributed by atoms with Gasteiger partial charge >= 0.3 is 0 Å². The minimum absolute atomic E-state index is 0.0190. The van der Waals surface area contributed by atoms with Crippen molar-refractivity contribution < 1.29 is 13.5 Å². The van der Waals surface area contributed by atoms with E-state index in [1.54, 1.807) is 24.3 Å². The molecule has 0 spiro atoms. The van der Waals surface area contributed by atoms with Crippen LogP contribution in [0.2, 0.25) is 0 Å². The molecule has 8 heteroatoms. The summed E-state index contributed by atoms with van der Waals surface area (Å²) in [6.45, 7) is -0.0955. The van der Waals surface area contributed by atoms with E-state index < -0.39 is 10.0 Å². The smallest absolute Gasteiger partial charge is 0.267 e. The predicted octanol–water partition coefficient (Wildman–Crippen LogP) is 0.285. The normalized spacial score (nSPS) is 11.4. The number of nitrogens with zero attached hydrogens (tertiary/aromatic N) is 1. The molecular weight excluding hydrogens is 256 g/mol. The molecule has 1 aromatic heterocycles. The third kappa shape index (κ3) is 2.44. The quantitative estimate of drug-likeness (QED) is 0.634. The van der Waals surface area contributed by atoms with Crippen LogP contribution in [0.4, 0.5) is 11.5 Å². The Morgan fingerprint density at radius 1 is 1.33 bits per heavy atom. The number of benzene rings is 1. The van der Waals surface area contributed by atoms with Crippen molar-refractivity contribution >= 4 is 21.5 Å². The average molecular weight is 268 g/mol. The van der Waals surface area contributed by atoms with Crippen LogP contribution in [0.25, 0.3) is 0 Å². The van der Waals surface area contributed by atoms with E-state index in [2.05, 4.69) is 14.9 Å². The molecule has 0 aliphatic heterocycles. The van der Waals surface area contributed by atoms with Crippen molar-refractivity contribution in [3.05, 3.63) is 36.0 Å². The van der Waals surface area contributed by atoms with E-state index in [9.17, 15) is 8.42 Å². The third-order valence-electron chi connectivity index (χ3n) is 2.31. The average Bonchev–Trinajstić information content (AvgIpc) is 2.77. The number of nitrogens with two attached hydrogens (primary N) is 1. The van der Waals surface area contributed by atoms with Crippen molar-refractivity contribution in [3.63, 3.8) is 0 Å². The van der Waals surface area contributed by atoms with E-state index in [-0.39, 0.29) is 17.3 Å². The zero-order chi connectivity index (χ0) is 13.2. The van der Waals surface area contributed by atoms with Gasteiger partial charge in [0.05, 0.1) is 12.8 Å². The van der Waals surface area contributed by atoms with Gasteiger partial charge in [-0.1, -0.05) is 12.1 Å². The van der Waals surface area contributed by atoms with Crippen LogP contribution in [-0.2, 0) is 16.6 Å². The molecule has 0 saturated carbocycles. The first-order valence-electron chi connectivity index (χ1n) is 5.04. The number of aromatic nitrogens is 2. The van der Waals surface area contributed by atoms with E-state index in [4.69, 9.17) is 10.8 Å². The Balaban J connectivity index is 2.25. The number of nitrogens with one attached hydrogen (secondary N) is 2. The van der Waals surface area contributed by atoms with Crippen molar-refractivity contribution in [2.75, 3.05) is 10.5 Å². The molecule has 18 heavy (non-hydrogen) atoms. The topological polar surface area (TPSA) is 121 Å². The lowest BCUT2D eigenvalue weighted by Gasteiger charge is -2.07. The van der Waals surface area contributed by atoms with Crippen LogP contribution in [0, 0.1) is 0 Å². The summed E-state index contributed by atoms with van der Waals surface area (Å²) in [5, 5.41) is 14.8. The van der Waals surface area contributed by atoms with Crippen LogP contribution in [0.1, 0.15) is 5.56 Å². The second kappa shape index (κ2) is 4.67. The van der Waals surface area contributed by atoms with E-state index in [1.807, 2.05) is 0 Å². The monoisotopic (exact) mass is 268 g/mol. The Morgan fingerprint density at radius 2 is 2.00 bits per heavy atom. The maximum absolute atomic E-state index is 11.9. The zero-order valence-corrected chi connectivity index (χ0v) is 10.1. The van der Waals surface area contributed by atoms with E-state index in [1.165, 1.54) is 0 Å². The number of aliphatic hydroxyl groups is 1. The highest BCUT2D eigenvalue weighted by atomic mass is 32.2. The van der Waals surface area contributed by atoms with Crippen LogP contribution in [0.3, 0.4) is 0 Å². The van der Waals surface area contributed by atoms with Crippen molar-refractivity contribution in [2.45, 2.75) is 11.5 Å². The SMILES string of the molecule is Nc1[nH]ncc1S(=O)(=O)Nc1ccc(CO)cc1. The van der Waals surface area contributed by atoms with Crippen LogP contribution < -0.4 is 10.5 Å². The molecule has 2 aromatic rings. The van der Waals surface area contributed by atoms with Gasteiger partial charge in [0.25, 0.3) is 10.0 Å². The molecule has 0 unspecified atom stereocenters. The standard InChI is InChI=1S/C10H12N4O3S/c11-10-9(5-12-13-10)18(16,17)14-8-3-1-7(6-15)2-4-8/h1-5,14-15H,6H2,(H3,11,12,13). The molecule has 0 bridgehead atoms. The van der Waals surface area contributed by atoms with Gasteiger partial charge in [0.15, 0.2) is 0 Å². The first-order valence-corrected chi connectivity index (χ1v) is 6.53. The fraction of sp³-hybridized carbons (Fsp3) is 0.100. The Hall–Kier alpha value is -2.06. The lowest BCUT2D eigenvalue weighted by Crippen LogP contribution is -2.13. The molecular formula is C10H12N4O3S. The van der Waals surface area contributed by atoms with Crippen molar-refractivity contribution in [1.82, 2.24) is 10.2 Å². The summed E-state index contributed by atoms with van der Waals surface area (Å²) in [4.78, 5) is -0.103. The Labute approximate surface area is 104 Å². The second-order valence-corrected chi connectivity index (χ2v) is 5.26. The largest absolute Gasteiger partial charge is 0.392 e. The van der Waals surface area contributed by atoms with Gasteiger partial charge in [-0.05, 0) is 17.7 Å². The first-order chi connectivity index (χ1) is 8.53. The number of H-pyrrole nitrogens is 1. The minimum atomic E-state index is -3.75. The summed E-state index contributed by atoms with van der Waals surface area (Å²) in [7, 11) is -3.75. The molecule has 2 rings (SSSR count). The lowest BCUT2D eigenvalue weighted by molar-refractivity contribution is 0.282. The van der Waals surface area contributed by atoms with Crippen LogP contribution >= 0.6 is 0 Å². The predicted molar refractivity (Wildman–Crippen MR) is 66.2 cm³/mol. The van der Waals surface area contributed by atoms with Gasteiger partial charge in [-0.15, -0.1) is 0 Å². The maximum Gasteiger partial charge on any atom is 0.267 e. The minimum Gasteiger partial charge on any atom is -0.392 e. The summed E-state index contributed by atoms with van der Waals surface area (Å²) in [6, 6.07) is 6.35. The highest BCUT2D eigenvalue weighted by Gasteiger charge is 2.19. The van der Waals surface area contributed by atoms with Gasteiger partial charge in [-0.2, -0.15) is 5.10 Å². The Kier molecular flexibility index (Phi) is 3.21. The van der Waals surface area contributed by atoms with Crippen LogP contribution in [0.5, 0.6) is 0 Å². The Bertz CT molecular complexity index is 633. The van der Waals surface area contributed by atoms with Crippen molar-refractivity contribution in [1.29, 1.82) is 0 Å². The number of anilines is 2. The molecule has 0 atom stereocenters. The summed E-state index contributed by atoms with van der Waals surface area (Å²) < 4.78 is 26.2. The van der Waals surface area contributed by atoms with E-state index in [0.29, 0.717) is 11.3 Å². The first kappa shape index (κ1) is 12.4. The molecule has 1 heterocycles. The summed E-state index contributed by atoms with van der Waals surface area (Å²) >= 11 is 0. The molecule has 96 valence electrons. The summed E-state index contributed by atoms with van der Waals surface area (Å²) in [6.07, 6.45) is 1.14. The molecule has 0 amide bonds. The molecule has 0 saturated heterocycles. The van der Waals surface area contributed by atoms with Crippen molar-refractivity contribution in [3.8, 4) is 0 Å². The number of sulfonamides is 1. The lowest BCUT2D eigenvalue weighted by atomic mass is 10.2. The fourth-order valence-electron chi connectivity index (χ4n) is 1.39. The second-order valence-electron chi connectivity index (χ2n) is 3.61. The zero-order valence-electron chi connectivity index (χ0n) is 9.29. The molecule has 7 nitrogen and oxygen atoms in total. The Morgan fingerprint density at radius 3 is 2.50 bits per heavy atom. The molecule has 1 aromatic carbocycles.